The van der Waals surface area contributed by atoms with Crippen LogP contribution in [0.15, 0.2) is 34.8 Å². The van der Waals surface area contributed by atoms with E-state index in [2.05, 4.69) is 15.9 Å². The number of hydrogen-bond donors (Lipinski definition) is 4. The number of benzene rings is 1. The Hall–Kier alpha value is -1.41. The van der Waals surface area contributed by atoms with Gasteiger partial charge in [0, 0.05) is 23.2 Å². The van der Waals surface area contributed by atoms with E-state index in [1.165, 1.54) is 24.7 Å². The van der Waals surface area contributed by atoms with E-state index in [0.717, 1.165) is 4.47 Å². The van der Waals surface area contributed by atoms with Crippen LogP contribution in [0.2, 0.25) is 0 Å². The van der Waals surface area contributed by atoms with Crippen LogP contribution in [0.4, 0.5) is 0 Å². The lowest BCUT2D eigenvalue weighted by Crippen LogP contribution is -2.21. The third-order valence-electron chi connectivity index (χ3n) is 2.96. The summed E-state index contributed by atoms with van der Waals surface area (Å²) in [6.07, 6.45) is 2.14. The molecule has 0 aromatic heterocycles. The molecule has 0 aliphatic heterocycles. The zero-order valence-corrected chi connectivity index (χ0v) is 13.1. The average Bonchev–Trinajstić information content (AvgIpc) is 2.48. The number of carbonyl (C=O) groups is 1. The number of aliphatic hydroxyl groups is 1. The van der Waals surface area contributed by atoms with Crippen molar-refractivity contribution in [2.75, 3.05) is 7.11 Å². The molecule has 116 valence electrons. The van der Waals surface area contributed by atoms with Gasteiger partial charge < -0.3 is 14.9 Å². The molecule has 0 spiro atoms. The minimum absolute atomic E-state index is 0.0112. The van der Waals surface area contributed by atoms with Gasteiger partial charge in [-0.25, -0.2) is 5.48 Å². The number of amides is 1. The predicted octanol–water partition coefficient (Wildman–Crippen LogP) is 2.04. The summed E-state index contributed by atoms with van der Waals surface area (Å²) in [6, 6.07) is 4.78. The first-order valence-electron chi connectivity index (χ1n) is 6.29. The zero-order valence-electron chi connectivity index (χ0n) is 11.5. The number of phenols is 1. The van der Waals surface area contributed by atoms with Crippen molar-refractivity contribution in [2.24, 2.45) is 0 Å². The molecule has 1 rings (SSSR count). The van der Waals surface area contributed by atoms with Crippen LogP contribution >= 0.6 is 15.9 Å². The Morgan fingerprint density at radius 2 is 2.24 bits per heavy atom. The summed E-state index contributed by atoms with van der Waals surface area (Å²) in [5.74, 6) is -0.628. The number of aliphatic hydroxyl groups excluding tert-OH is 1. The number of allylic oxidation sites excluding steroid dienone is 1. The predicted molar refractivity (Wildman–Crippen MR) is 79.9 cm³/mol. The summed E-state index contributed by atoms with van der Waals surface area (Å²) < 4.78 is 5.97. The second-order valence-corrected chi connectivity index (χ2v) is 5.29. The van der Waals surface area contributed by atoms with Gasteiger partial charge in [0.25, 0.3) is 5.91 Å². The van der Waals surface area contributed by atoms with Gasteiger partial charge in [-0.05, 0) is 31.0 Å². The van der Waals surface area contributed by atoms with E-state index >= 15 is 0 Å². The third kappa shape index (κ3) is 5.47. The topological polar surface area (TPSA) is 99.0 Å². The van der Waals surface area contributed by atoms with Gasteiger partial charge in [0.1, 0.15) is 11.9 Å². The molecule has 0 unspecified atom stereocenters. The first-order chi connectivity index (χ1) is 9.99. The quantitative estimate of drug-likeness (QED) is 0.339. The number of phenolic OH excluding ortho intramolecular Hbond substituents is 1. The van der Waals surface area contributed by atoms with Crippen LogP contribution in [0.1, 0.15) is 24.5 Å². The maximum absolute atomic E-state index is 10.8. The molecule has 0 fully saturated rings. The Morgan fingerprint density at radius 3 is 2.86 bits per heavy atom. The lowest BCUT2D eigenvalue weighted by Gasteiger charge is -2.22. The van der Waals surface area contributed by atoms with Crippen LogP contribution in [0.3, 0.4) is 0 Å². The van der Waals surface area contributed by atoms with Crippen molar-refractivity contribution in [3.63, 3.8) is 0 Å². The Balaban J connectivity index is 2.68. The molecule has 2 atom stereocenters. The summed E-state index contributed by atoms with van der Waals surface area (Å²) in [4.78, 5) is 10.8. The van der Waals surface area contributed by atoms with Gasteiger partial charge in [-0.15, -0.1) is 0 Å². The molecule has 0 aliphatic rings. The highest BCUT2D eigenvalue weighted by atomic mass is 79.9. The van der Waals surface area contributed by atoms with E-state index in [4.69, 9.17) is 9.94 Å². The number of nitrogens with one attached hydrogen (secondary N) is 1. The van der Waals surface area contributed by atoms with Crippen molar-refractivity contribution in [1.29, 1.82) is 0 Å². The van der Waals surface area contributed by atoms with Crippen molar-refractivity contribution in [1.82, 2.24) is 5.48 Å². The van der Waals surface area contributed by atoms with Crippen LogP contribution in [0.5, 0.6) is 5.75 Å². The van der Waals surface area contributed by atoms with Crippen LogP contribution in [0, 0.1) is 0 Å². The van der Waals surface area contributed by atoms with Gasteiger partial charge in [0.2, 0.25) is 0 Å². The summed E-state index contributed by atoms with van der Waals surface area (Å²) in [5.41, 5.74) is 1.85. The summed E-state index contributed by atoms with van der Waals surface area (Å²) >= 11 is 3.28. The molecule has 21 heavy (non-hydrogen) atoms. The second-order valence-electron chi connectivity index (χ2n) is 4.38. The first-order valence-corrected chi connectivity index (χ1v) is 7.08. The largest absolute Gasteiger partial charge is 0.508 e. The fraction of sp³-hybridized carbons (Fsp3) is 0.357. The molecular weight excluding hydrogens is 342 g/mol. The molecule has 7 heteroatoms. The number of aromatic hydroxyl groups is 1. The fourth-order valence-electron chi connectivity index (χ4n) is 1.86. The lowest BCUT2D eigenvalue weighted by atomic mass is 10.00. The van der Waals surface area contributed by atoms with Crippen LogP contribution in [-0.2, 0) is 9.53 Å². The van der Waals surface area contributed by atoms with E-state index in [-0.39, 0.29) is 5.75 Å². The molecule has 4 N–H and O–H groups in total. The summed E-state index contributed by atoms with van der Waals surface area (Å²) in [7, 11) is 1.47. The molecule has 6 nitrogen and oxygen atoms in total. The van der Waals surface area contributed by atoms with E-state index in [0.29, 0.717) is 18.4 Å². The maximum Gasteiger partial charge on any atom is 0.267 e. The number of halogens is 1. The van der Waals surface area contributed by atoms with E-state index in [1.807, 2.05) is 0 Å². The fourth-order valence-corrected chi connectivity index (χ4v) is 2.23. The van der Waals surface area contributed by atoms with Crippen molar-refractivity contribution >= 4 is 21.8 Å². The van der Waals surface area contributed by atoms with E-state index in [1.54, 1.807) is 18.2 Å². The minimum atomic E-state index is -0.993. The molecular formula is C14H18BrNO5. The van der Waals surface area contributed by atoms with Gasteiger partial charge >= 0.3 is 0 Å². The molecule has 0 aliphatic carbocycles. The van der Waals surface area contributed by atoms with Crippen LogP contribution in [-0.4, -0.2) is 34.5 Å². The number of rotatable bonds is 7. The van der Waals surface area contributed by atoms with Gasteiger partial charge in [0.15, 0.2) is 0 Å². The lowest BCUT2D eigenvalue weighted by molar-refractivity contribution is -0.124. The summed E-state index contributed by atoms with van der Waals surface area (Å²) in [5, 5.41) is 28.4. The highest BCUT2D eigenvalue weighted by molar-refractivity contribution is 9.10. The molecule has 0 bridgehead atoms. The van der Waals surface area contributed by atoms with Crippen molar-refractivity contribution in [2.45, 2.75) is 25.0 Å². The number of carbonyl (C=O) groups excluding carboxylic acids is 1. The average molecular weight is 360 g/mol. The molecule has 1 aromatic rings. The van der Waals surface area contributed by atoms with Crippen LogP contribution in [0.25, 0.3) is 0 Å². The van der Waals surface area contributed by atoms with E-state index in [9.17, 15) is 15.0 Å². The minimum Gasteiger partial charge on any atom is -0.508 e. The van der Waals surface area contributed by atoms with Crippen molar-refractivity contribution in [3.05, 3.63) is 40.4 Å². The van der Waals surface area contributed by atoms with Gasteiger partial charge in [0.05, 0.1) is 6.10 Å². The standard InChI is InChI=1S/C14H18BrNO5/c1-21-12(4-2-3-5-13(18)16-20)14(19)10-8-9(15)6-7-11(10)17/h3,5-8,12,14,17,19-20H,2,4H2,1H3,(H,16,18)/b5-3+/t12-,14-/m1/s1. The highest BCUT2D eigenvalue weighted by Gasteiger charge is 2.22. The Labute approximate surface area is 131 Å². The Kier molecular flexibility index (Phi) is 7.38. The molecule has 0 heterocycles. The molecule has 1 amide bonds. The Bertz CT molecular complexity index is 506. The molecule has 0 saturated carbocycles. The van der Waals surface area contributed by atoms with Crippen LogP contribution < -0.4 is 5.48 Å². The molecule has 0 radical (unpaired) electrons. The smallest absolute Gasteiger partial charge is 0.267 e. The van der Waals surface area contributed by atoms with Gasteiger partial charge in [-0.1, -0.05) is 22.0 Å². The summed E-state index contributed by atoms with van der Waals surface area (Å²) in [6.45, 7) is 0. The number of hydrogen-bond acceptors (Lipinski definition) is 5. The van der Waals surface area contributed by atoms with Crippen molar-refractivity contribution in [3.8, 4) is 5.75 Å². The van der Waals surface area contributed by atoms with E-state index < -0.39 is 18.1 Å². The first kappa shape index (κ1) is 17.6. The third-order valence-corrected chi connectivity index (χ3v) is 3.45. The maximum atomic E-state index is 10.8. The number of methoxy groups -OCH3 is 1. The zero-order chi connectivity index (χ0) is 15.8. The van der Waals surface area contributed by atoms with Gasteiger partial charge in [-0.3, -0.25) is 10.0 Å². The normalized spacial score (nSPS) is 14.1. The highest BCUT2D eigenvalue weighted by Crippen LogP contribution is 2.31. The molecule has 0 saturated heterocycles. The van der Waals surface area contributed by atoms with Crippen molar-refractivity contribution < 1.29 is 25.0 Å². The monoisotopic (exact) mass is 359 g/mol. The SMILES string of the molecule is CO[C@H](CC/C=C/C(=O)NO)[C@H](O)c1cc(Br)ccc1O. The Morgan fingerprint density at radius 1 is 1.52 bits per heavy atom. The second kappa shape index (κ2) is 8.78. The molecule has 1 aromatic carbocycles. The van der Waals surface area contributed by atoms with Gasteiger partial charge in [-0.2, -0.15) is 0 Å². The number of hydroxylamine groups is 1. The number of ether oxygens (including phenoxy) is 1.